The van der Waals surface area contributed by atoms with Crippen molar-refractivity contribution < 1.29 is 27.8 Å². The fourth-order valence-corrected chi connectivity index (χ4v) is 4.34. The minimum absolute atomic E-state index is 0.0905. The fraction of sp³-hybridized carbons (Fsp3) is 0.360. The molecule has 1 amide bonds. The van der Waals surface area contributed by atoms with Crippen LogP contribution in [-0.4, -0.2) is 37.4 Å². The maximum atomic E-state index is 13.9. The predicted molar refractivity (Wildman–Crippen MR) is 118 cm³/mol. The Bertz CT molecular complexity index is 1140. The monoisotopic (exact) mass is 452 g/mol. The van der Waals surface area contributed by atoms with Crippen molar-refractivity contribution in [1.29, 1.82) is 0 Å². The van der Waals surface area contributed by atoms with Crippen LogP contribution in [0.15, 0.2) is 53.1 Å². The zero-order valence-corrected chi connectivity index (χ0v) is 18.1. The van der Waals surface area contributed by atoms with Crippen LogP contribution in [0, 0.1) is 5.82 Å². The molecular formula is C25H25FN2O5. The van der Waals surface area contributed by atoms with Gasteiger partial charge in [-0.3, -0.25) is 4.79 Å². The Morgan fingerprint density at radius 3 is 2.76 bits per heavy atom. The first kappa shape index (κ1) is 21.5. The number of hydrogen-bond donors (Lipinski definition) is 1. The smallest absolute Gasteiger partial charge is 0.231 e. The lowest BCUT2D eigenvalue weighted by Crippen LogP contribution is -2.44. The molecule has 0 atom stereocenters. The van der Waals surface area contributed by atoms with Crippen molar-refractivity contribution in [3.8, 4) is 22.8 Å². The predicted octanol–water partition coefficient (Wildman–Crippen LogP) is 4.01. The van der Waals surface area contributed by atoms with Crippen LogP contribution in [0.2, 0.25) is 0 Å². The number of halogens is 1. The summed E-state index contributed by atoms with van der Waals surface area (Å²) in [5.41, 5.74) is 1.24. The third kappa shape index (κ3) is 4.57. The van der Waals surface area contributed by atoms with Gasteiger partial charge in [-0.2, -0.15) is 0 Å². The van der Waals surface area contributed by atoms with Crippen LogP contribution in [0.1, 0.15) is 30.7 Å². The molecule has 8 heteroatoms. The first-order valence-electron chi connectivity index (χ1n) is 11.1. The first-order chi connectivity index (χ1) is 16.1. The van der Waals surface area contributed by atoms with Crippen molar-refractivity contribution in [3.63, 3.8) is 0 Å². The van der Waals surface area contributed by atoms with E-state index in [4.69, 9.17) is 18.6 Å². The van der Waals surface area contributed by atoms with Gasteiger partial charge in [-0.15, -0.1) is 0 Å². The summed E-state index contributed by atoms with van der Waals surface area (Å²) in [5, 5.41) is 3.08. The number of benzene rings is 2. The number of oxazole rings is 1. The molecule has 1 N–H and O–H groups in total. The number of carbonyl (C=O) groups is 1. The first-order valence-corrected chi connectivity index (χ1v) is 11.1. The Morgan fingerprint density at radius 2 is 1.91 bits per heavy atom. The number of fused-ring (bicyclic) bond motifs is 1. The van der Waals surface area contributed by atoms with E-state index < -0.39 is 0 Å². The van der Waals surface area contributed by atoms with Gasteiger partial charge in [-0.25, -0.2) is 9.37 Å². The average molecular weight is 452 g/mol. The summed E-state index contributed by atoms with van der Waals surface area (Å²) in [5.74, 6) is 1.77. The summed E-state index contributed by atoms with van der Waals surface area (Å²) >= 11 is 0. The van der Waals surface area contributed by atoms with E-state index in [-0.39, 0.29) is 30.4 Å². The summed E-state index contributed by atoms with van der Waals surface area (Å²) in [4.78, 5) is 16.8. The maximum absolute atomic E-state index is 13.9. The summed E-state index contributed by atoms with van der Waals surface area (Å²) in [6.07, 6.45) is 3.66. The minimum atomic E-state index is -0.372. The van der Waals surface area contributed by atoms with E-state index in [9.17, 15) is 9.18 Å². The zero-order chi connectivity index (χ0) is 22.7. The number of carbonyl (C=O) groups excluding carboxylic acids is 1. The van der Waals surface area contributed by atoms with Gasteiger partial charge in [0.05, 0.1) is 11.8 Å². The molecule has 0 radical (unpaired) electrons. The number of nitrogens with zero attached hydrogens (tertiary/aromatic N) is 1. The van der Waals surface area contributed by atoms with Crippen LogP contribution < -0.4 is 14.8 Å². The lowest BCUT2D eigenvalue weighted by molar-refractivity contribution is -0.121. The highest BCUT2D eigenvalue weighted by Crippen LogP contribution is 2.40. The molecule has 33 heavy (non-hydrogen) atoms. The molecule has 2 aliphatic rings. The highest BCUT2D eigenvalue weighted by molar-refractivity contribution is 5.76. The van der Waals surface area contributed by atoms with Gasteiger partial charge < -0.3 is 23.9 Å². The third-order valence-electron chi connectivity index (χ3n) is 6.32. The number of amides is 1. The van der Waals surface area contributed by atoms with Crippen molar-refractivity contribution in [2.24, 2.45) is 0 Å². The van der Waals surface area contributed by atoms with Crippen molar-refractivity contribution in [2.75, 3.05) is 26.6 Å². The Hall–Kier alpha value is -3.39. The normalized spacial score (nSPS) is 16.5. The van der Waals surface area contributed by atoms with E-state index in [1.165, 1.54) is 12.3 Å². The molecule has 0 unspecified atom stereocenters. The Kier molecular flexibility index (Phi) is 6.00. The quantitative estimate of drug-likeness (QED) is 0.583. The molecule has 0 aliphatic carbocycles. The largest absolute Gasteiger partial charge is 0.454 e. The van der Waals surface area contributed by atoms with Crippen LogP contribution in [0.3, 0.4) is 0 Å². The highest BCUT2D eigenvalue weighted by Gasteiger charge is 2.36. The summed E-state index contributed by atoms with van der Waals surface area (Å²) in [6.45, 7) is 2.00. The Morgan fingerprint density at radius 1 is 1.09 bits per heavy atom. The van der Waals surface area contributed by atoms with Gasteiger partial charge in [-0.05, 0) is 42.7 Å². The summed E-state index contributed by atoms with van der Waals surface area (Å²) in [7, 11) is 0. The average Bonchev–Trinajstić information content (AvgIpc) is 3.51. The minimum Gasteiger partial charge on any atom is -0.454 e. The molecule has 5 rings (SSSR count). The molecule has 1 aromatic heterocycles. The SMILES string of the molecule is O=C(CCc1ncc(-c2ccccc2F)o1)NCC1(c2ccc3c(c2)OCO3)CCOCC1. The zero-order valence-electron chi connectivity index (χ0n) is 18.1. The van der Waals surface area contributed by atoms with Gasteiger partial charge in [0.2, 0.25) is 12.7 Å². The van der Waals surface area contributed by atoms with Crippen LogP contribution in [0.4, 0.5) is 4.39 Å². The Balaban J connectivity index is 1.21. The molecule has 1 fully saturated rings. The second-order valence-corrected chi connectivity index (χ2v) is 8.34. The molecule has 172 valence electrons. The van der Waals surface area contributed by atoms with Crippen LogP contribution in [0.25, 0.3) is 11.3 Å². The van der Waals surface area contributed by atoms with Crippen LogP contribution in [-0.2, 0) is 21.4 Å². The molecular weight excluding hydrogens is 427 g/mol. The number of aromatic nitrogens is 1. The van der Waals surface area contributed by atoms with E-state index in [1.807, 2.05) is 18.2 Å². The van der Waals surface area contributed by atoms with Crippen molar-refractivity contribution in [1.82, 2.24) is 10.3 Å². The number of hydrogen-bond acceptors (Lipinski definition) is 6. The second-order valence-electron chi connectivity index (χ2n) is 8.34. The molecule has 0 bridgehead atoms. The van der Waals surface area contributed by atoms with Crippen molar-refractivity contribution in [2.45, 2.75) is 31.1 Å². The Labute approximate surface area is 190 Å². The van der Waals surface area contributed by atoms with Crippen LogP contribution in [0.5, 0.6) is 11.5 Å². The third-order valence-corrected chi connectivity index (χ3v) is 6.32. The number of rotatable bonds is 7. The molecule has 0 spiro atoms. The second kappa shape index (κ2) is 9.23. The number of nitrogens with one attached hydrogen (secondary N) is 1. The van der Waals surface area contributed by atoms with Crippen molar-refractivity contribution >= 4 is 5.91 Å². The van der Waals surface area contributed by atoms with E-state index in [2.05, 4.69) is 10.3 Å². The topological polar surface area (TPSA) is 82.8 Å². The van der Waals surface area contributed by atoms with Crippen LogP contribution >= 0.6 is 0 Å². The molecule has 7 nitrogen and oxygen atoms in total. The van der Waals surface area contributed by atoms with E-state index >= 15 is 0 Å². The van der Waals surface area contributed by atoms with Crippen molar-refractivity contribution in [3.05, 3.63) is 65.9 Å². The van der Waals surface area contributed by atoms with Gasteiger partial charge in [-0.1, -0.05) is 18.2 Å². The number of ether oxygens (including phenoxy) is 3. The van der Waals surface area contributed by atoms with Gasteiger partial charge in [0.25, 0.3) is 0 Å². The molecule has 1 saturated heterocycles. The molecule has 3 heterocycles. The standard InChI is InChI=1S/C25H25FN2O5/c26-19-4-2-1-3-18(19)22-14-27-24(33-22)8-7-23(29)28-15-25(9-11-30-12-10-25)17-5-6-20-21(13-17)32-16-31-20/h1-6,13-14H,7-12,15-16H2,(H,28,29). The van der Waals surface area contributed by atoms with E-state index in [0.29, 0.717) is 43.4 Å². The number of aryl methyl sites for hydroxylation is 1. The van der Waals surface area contributed by atoms with Gasteiger partial charge in [0.15, 0.2) is 23.1 Å². The van der Waals surface area contributed by atoms with E-state index in [1.54, 1.807) is 18.2 Å². The lowest BCUT2D eigenvalue weighted by Gasteiger charge is -2.38. The van der Waals surface area contributed by atoms with E-state index in [0.717, 1.165) is 29.9 Å². The van der Waals surface area contributed by atoms with Gasteiger partial charge in [0, 0.05) is 38.0 Å². The fourth-order valence-electron chi connectivity index (χ4n) is 4.34. The van der Waals surface area contributed by atoms with Gasteiger partial charge in [0.1, 0.15) is 5.82 Å². The molecule has 2 aromatic carbocycles. The lowest BCUT2D eigenvalue weighted by atomic mass is 9.74. The van der Waals surface area contributed by atoms with Gasteiger partial charge >= 0.3 is 0 Å². The maximum Gasteiger partial charge on any atom is 0.231 e. The molecule has 0 saturated carbocycles. The summed E-state index contributed by atoms with van der Waals surface area (Å²) < 4.78 is 36.2. The highest BCUT2D eigenvalue weighted by atomic mass is 19.1. The molecule has 3 aromatic rings. The summed E-state index contributed by atoms with van der Waals surface area (Å²) in [6, 6.07) is 12.3. The molecule has 2 aliphatic heterocycles.